The van der Waals surface area contributed by atoms with Gasteiger partial charge in [-0.25, -0.2) is 4.39 Å². The van der Waals surface area contributed by atoms with Gasteiger partial charge >= 0.3 is 0 Å². The average Bonchev–Trinajstić information content (AvgIpc) is 2.89. The molecule has 0 unspecified atom stereocenters. The van der Waals surface area contributed by atoms with Crippen molar-refractivity contribution in [1.82, 2.24) is 10.3 Å². The van der Waals surface area contributed by atoms with E-state index < -0.39 is 0 Å². The molecule has 21 heavy (non-hydrogen) atoms. The molecule has 0 saturated carbocycles. The second kappa shape index (κ2) is 5.40. The van der Waals surface area contributed by atoms with Crippen molar-refractivity contribution < 1.29 is 9.18 Å². The third kappa shape index (κ3) is 2.94. The molecule has 1 amide bonds. The smallest absolute Gasteiger partial charge is 0.267 e. The first-order valence-corrected chi connectivity index (χ1v) is 6.74. The first-order valence-electron chi connectivity index (χ1n) is 6.74. The number of aromatic amines is 1. The number of carbonyl (C=O) groups excluding carboxylic acids is 1. The average molecular weight is 282 g/mol. The molecular weight excluding hydrogens is 267 g/mol. The van der Waals surface area contributed by atoms with Crippen LogP contribution in [-0.4, -0.2) is 10.9 Å². The Bertz CT molecular complexity index is 790. The molecule has 106 valence electrons. The summed E-state index contributed by atoms with van der Waals surface area (Å²) in [6, 6.07) is 14.0. The van der Waals surface area contributed by atoms with Gasteiger partial charge in [0.05, 0.1) is 0 Å². The van der Waals surface area contributed by atoms with Crippen LogP contribution in [0.3, 0.4) is 0 Å². The van der Waals surface area contributed by atoms with Crippen molar-refractivity contribution in [1.29, 1.82) is 0 Å². The molecule has 0 bridgehead atoms. The molecule has 2 aromatic carbocycles. The van der Waals surface area contributed by atoms with E-state index in [9.17, 15) is 9.18 Å². The molecular formula is C17H15FN2O. The molecule has 0 spiro atoms. The topological polar surface area (TPSA) is 44.9 Å². The maximum atomic E-state index is 13.1. The maximum absolute atomic E-state index is 13.1. The number of aromatic nitrogens is 1. The third-order valence-corrected chi connectivity index (χ3v) is 3.40. The number of carbonyl (C=O) groups is 1. The number of halogens is 1. The molecule has 0 saturated heterocycles. The van der Waals surface area contributed by atoms with E-state index in [4.69, 9.17) is 0 Å². The Hall–Kier alpha value is -2.62. The number of amides is 1. The lowest BCUT2D eigenvalue weighted by atomic mass is 10.1. The van der Waals surface area contributed by atoms with Crippen LogP contribution in [0.15, 0.2) is 48.5 Å². The van der Waals surface area contributed by atoms with E-state index in [1.165, 1.54) is 17.7 Å². The van der Waals surface area contributed by atoms with Gasteiger partial charge in [-0.05, 0) is 36.8 Å². The summed E-state index contributed by atoms with van der Waals surface area (Å²) in [6.07, 6.45) is 0. The summed E-state index contributed by atoms with van der Waals surface area (Å²) in [4.78, 5) is 15.1. The predicted octanol–water partition coefficient (Wildman–Crippen LogP) is 3.55. The minimum absolute atomic E-state index is 0.202. The number of hydrogen-bond acceptors (Lipinski definition) is 1. The van der Waals surface area contributed by atoms with E-state index in [2.05, 4.69) is 10.3 Å². The second-order valence-electron chi connectivity index (χ2n) is 5.08. The highest BCUT2D eigenvalue weighted by atomic mass is 19.1. The van der Waals surface area contributed by atoms with Gasteiger partial charge in [-0.3, -0.25) is 4.79 Å². The Morgan fingerprint density at radius 1 is 1.14 bits per heavy atom. The first kappa shape index (κ1) is 13.4. The van der Waals surface area contributed by atoms with Crippen molar-refractivity contribution in [3.63, 3.8) is 0 Å². The highest BCUT2D eigenvalue weighted by Crippen LogP contribution is 2.16. The van der Waals surface area contributed by atoms with Gasteiger partial charge in [-0.1, -0.05) is 29.8 Å². The van der Waals surface area contributed by atoms with Crippen LogP contribution in [0.25, 0.3) is 10.9 Å². The van der Waals surface area contributed by atoms with Gasteiger partial charge in [0, 0.05) is 17.4 Å². The predicted molar refractivity (Wildman–Crippen MR) is 80.6 cm³/mol. The molecule has 3 rings (SSSR count). The fraction of sp³-hybridized carbons (Fsp3) is 0.118. The number of rotatable bonds is 3. The molecule has 0 aliphatic rings. The SMILES string of the molecule is Cc1ccc(CNC(=O)c2cc3cc(F)ccc3[nH]2)cc1. The van der Waals surface area contributed by atoms with Crippen molar-refractivity contribution in [2.45, 2.75) is 13.5 Å². The molecule has 0 aliphatic heterocycles. The second-order valence-corrected chi connectivity index (χ2v) is 5.08. The zero-order valence-corrected chi connectivity index (χ0v) is 11.6. The zero-order valence-electron chi connectivity index (χ0n) is 11.6. The largest absolute Gasteiger partial charge is 0.351 e. The van der Waals surface area contributed by atoms with Crippen LogP contribution < -0.4 is 5.32 Å². The minimum Gasteiger partial charge on any atom is -0.351 e. The summed E-state index contributed by atoms with van der Waals surface area (Å²) in [5, 5.41) is 3.54. The molecule has 0 fully saturated rings. The van der Waals surface area contributed by atoms with Crippen LogP contribution in [-0.2, 0) is 6.54 Å². The van der Waals surface area contributed by atoms with Gasteiger partial charge in [-0.15, -0.1) is 0 Å². The monoisotopic (exact) mass is 282 g/mol. The first-order chi connectivity index (χ1) is 10.1. The van der Waals surface area contributed by atoms with E-state index in [1.54, 1.807) is 12.1 Å². The van der Waals surface area contributed by atoms with Crippen LogP contribution in [0, 0.1) is 12.7 Å². The number of fused-ring (bicyclic) bond motifs is 1. The molecule has 4 heteroatoms. The number of aryl methyl sites for hydroxylation is 1. The van der Waals surface area contributed by atoms with Crippen LogP contribution in [0.4, 0.5) is 4.39 Å². The Morgan fingerprint density at radius 2 is 1.90 bits per heavy atom. The Morgan fingerprint density at radius 3 is 2.67 bits per heavy atom. The highest BCUT2D eigenvalue weighted by molar-refractivity contribution is 5.97. The summed E-state index contributed by atoms with van der Waals surface area (Å²) >= 11 is 0. The molecule has 3 aromatic rings. The number of benzene rings is 2. The minimum atomic E-state index is -0.312. The van der Waals surface area contributed by atoms with Crippen molar-refractivity contribution in [3.05, 3.63) is 71.2 Å². The Kier molecular flexibility index (Phi) is 3.44. The lowest BCUT2D eigenvalue weighted by molar-refractivity contribution is 0.0947. The van der Waals surface area contributed by atoms with E-state index in [1.807, 2.05) is 31.2 Å². The quantitative estimate of drug-likeness (QED) is 0.758. The fourth-order valence-electron chi connectivity index (χ4n) is 2.21. The van der Waals surface area contributed by atoms with E-state index >= 15 is 0 Å². The summed E-state index contributed by atoms with van der Waals surface area (Å²) in [7, 11) is 0. The third-order valence-electron chi connectivity index (χ3n) is 3.40. The standard InChI is InChI=1S/C17H15FN2O/c1-11-2-4-12(5-3-11)10-19-17(21)16-9-13-8-14(18)6-7-15(13)20-16/h2-9,20H,10H2,1H3,(H,19,21). The molecule has 0 atom stereocenters. The van der Waals surface area contributed by atoms with Gasteiger partial charge < -0.3 is 10.3 Å². The van der Waals surface area contributed by atoms with Gasteiger partial charge in [0.15, 0.2) is 0 Å². The van der Waals surface area contributed by atoms with Crippen LogP contribution in [0.1, 0.15) is 21.6 Å². The maximum Gasteiger partial charge on any atom is 0.267 e. The molecule has 3 nitrogen and oxygen atoms in total. The normalized spacial score (nSPS) is 10.8. The van der Waals surface area contributed by atoms with Crippen molar-refractivity contribution in [3.8, 4) is 0 Å². The highest BCUT2D eigenvalue weighted by Gasteiger charge is 2.09. The molecule has 1 heterocycles. The van der Waals surface area contributed by atoms with Gasteiger partial charge in [0.1, 0.15) is 11.5 Å². The van der Waals surface area contributed by atoms with E-state index in [0.717, 1.165) is 11.1 Å². The summed E-state index contributed by atoms with van der Waals surface area (Å²) in [6.45, 7) is 2.48. The van der Waals surface area contributed by atoms with Crippen LogP contribution >= 0.6 is 0 Å². The summed E-state index contributed by atoms with van der Waals surface area (Å²) in [5.41, 5.74) is 3.40. The molecule has 2 N–H and O–H groups in total. The van der Waals surface area contributed by atoms with E-state index in [-0.39, 0.29) is 11.7 Å². The van der Waals surface area contributed by atoms with Gasteiger partial charge in [0.2, 0.25) is 0 Å². The lowest BCUT2D eigenvalue weighted by Crippen LogP contribution is -2.23. The number of nitrogens with one attached hydrogen (secondary N) is 2. The fourth-order valence-corrected chi connectivity index (χ4v) is 2.21. The van der Waals surface area contributed by atoms with Crippen molar-refractivity contribution >= 4 is 16.8 Å². The number of hydrogen-bond donors (Lipinski definition) is 2. The summed E-state index contributed by atoms with van der Waals surface area (Å²) in [5.74, 6) is -0.514. The molecule has 0 aliphatic carbocycles. The van der Waals surface area contributed by atoms with Crippen molar-refractivity contribution in [2.24, 2.45) is 0 Å². The van der Waals surface area contributed by atoms with E-state index in [0.29, 0.717) is 17.6 Å². The van der Waals surface area contributed by atoms with Crippen molar-refractivity contribution in [2.75, 3.05) is 0 Å². The number of H-pyrrole nitrogens is 1. The van der Waals surface area contributed by atoms with Gasteiger partial charge in [-0.2, -0.15) is 0 Å². The van der Waals surface area contributed by atoms with Gasteiger partial charge in [0.25, 0.3) is 5.91 Å². The Balaban J connectivity index is 1.73. The lowest BCUT2D eigenvalue weighted by Gasteiger charge is -2.04. The molecule has 0 radical (unpaired) electrons. The summed E-state index contributed by atoms with van der Waals surface area (Å²) < 4.78 is 13.1. The Labute approximate surface area is 121 Å². The van der Waals surface area contributed by atoms with Crippen LogP contribution in [0.5, 0.6) is 0 Å². The zero-order chi connectivity index (χ0) is 14.8. The molecule has 1 aromatic heterocycles. The van der Waals surface area contributed by atoms with Crippen LogP contribution in [0.2, 0.25) is 0 Å².